The summed E-state index contributed by atoms with van der Waals surface area (Å²) in [4.78, 5) is -0.0293. The number of hydrogen-bond donors (Lipinski definition) is 1. The summed E-state index contributed by atoms with van der Waals surface area (Å²) in [6, 6.07) is 6.07. The summed E-state index contributed by atoms with van der Waals surface area (Å²) < 4.78 is 51.5. The van der Waals surface area contributed by atoms with E-state index in [4.69, 9.17) is 11.6 Å². The maximum atomic E-state index is 12.2. The fraction of sp³-hybridized carbons (Fsp3) is 0.538. The predicted molar refractivity (Wildman–Crippen MR) is 87.9 cm³/mol. The highest BCUT2D eigenvalue weighted by molar-refractivity contribution is 7.89. The number of halogens is 1. The molecule has 0 atom stereocenters. The van der Waals surface area contributed by atoms with Crippen LogP contribution in [-0.2, 0) is 20.0 Å². The Kier molecular flexibility index (Phi) is 6.02. The second kappa shape index (κ2) is 6.84. The minimum Gasteiger partial charge on any atom is -0.212 e. The van der Waals surface area contributed by atoms with Gasteiger partial charge in [-0.1, -0.05) is 23.7 Å². The van der Waals surface area contributed by atoms with Gasteiger partial charge in [-0.3, -0.25) is 0 Å². The Morgan fingerprint density at radius 1 is 1.14 bits per heavy atom. The van der Waals surface area contributed by atoms with Crippen molar-refractivity contribution in [1.29, 1.82) is 0 Å². The lowest BCUT2D eigenvalue weighted by molar-refractivity contribution is 0.254. The fourth-order valence-corrected chi connectivity index (χ4v) is 4.98. The molecule has 0 aliphatic carbocycles. The van der Waals surface area contributed by atoms with E-state index in [-0.39, 0.29) is 23.0 Å². The fourth-order valence-electron chi connectivity index (χ4n) is 2.02. The third-order valence-corrected chi connectivity index (χ3v) is 6.37. The first kappa shape index (κ1) is 19.4. The topological polar surface area (TPSA) is 83.6 Å². The van der Waals surface area contributed by atoms with Crippen LogP contribution >= 0.6 is 11.6 Å². The van der Waals surface area contributed by atoms with Crippen LogP contribution in [0.5, 0.6) is 0 Å². The molecule has 6 nitrogen and oxygen atoms in total. The van der Waals surface area contributed by atoms with Crippen LogP contribution in [0.25, 0.3) is 0 Å². The Morgan fingerprint density at radius 2 is 1.68 bits per heavy atom. The number of benzene rings is 1. The molecule has 0 bridgehead atoms. The van der Waals surface area contributed by atoms with Crippen molar-refractivity contribution in [1.82, 2.24) is 9.03 Å². The van der Waals surface area contributed by atoms with Crippen molar-refractivity contribution in [3.63, 3.8) is 0 Å². The molecule has 0 heterocycles. The summed E-state index contributed by atoms with van der Waals surface area (Å²) >= 11 is 5.87. The first-order valence-electron chi connectivity index (χ1n) is 6.58. The van der Waals surface area contributed by atoms with Gasteiger partial charge in [-0.25, -0.2) is 21.6 Å². The molecule has 22 heavy (non-hydrogen) atoms. The Morgan fingerprint density at radius 3 is 2.14 bits per heavy atom. The van der Waals surface area contributed by atoms with Crippen LogP contribution in [0.2, 0.25) is 5.02 Å². The van der Waals surface area contributed by atoms with Crippen molar-refractivity contribution >= 4 is 31.6 Å². The monoisotopic (exact) mass is 368 g/mol. The van der Waals surface area contributed by atoms with Gasteiger partial charge in [0, 0.05) is 18.6 Å². The van der Waals surface area contributed by atoms with E-state index in [1.165, 1.54) is 16.4 Å². The molecule has 0 amide bonds. The number of rotatable bonds is 6. The maximum Gasteiger partial charge on any atom is 0.242 e. The molecule has 0 radical (unpaired) electrons. The smallest absolute Gasteiger partial charge is 0.212 e. The van der Waals surface area contributed by atoms with Crippen LogP contribution in [0.15, 0.2) is 29.2 Å². The van der Waals surface area contributed by atoms with Crippen molar-refractivity contribution in [2.75, 3.05) is 19.3 Å². The van der Waals surface area contributed by atoms with Gasteiger partial charge in [-0.05, 0) is 32.9 Å². The Hall–Kier alpha value is -0.670. The van der Waals surface area contributed by atoms with Crippen molar-refractivity contribution in [3.05, 3.63) is 29.3 Å². The average Bonchev–Trinajstić information content (AvgIpc) is 2.31. The second-order valence-corrected chi connectivity index (χ2v) is 9.88. The average molecular weight is 369 g/mol. The molecule has 0 aliphatic rings. The van der Waals surface area contributed by atoms with Gasteiger partial charge in [0.1, 0.15) is 4.90 Å². The number of nitrogens with zero attached hydrogens (tertiary/aromatic N) is 1. The lowest BCUT2D eigenvalue weighted by Gasteiger charge is -2.33. The van der Waals surface area contributed by atoms with E-state index in [0.717, 1.165) is 6.26 Å². The molecule has 0 spiro atoms. The molecular formula is C13H21ClN2O4S2. The molecule has 0 aliphatic heterocycles. The first-order chi connectivity index (χ1) is 9.86. The first-order valence-corrected chi connectivity index (χ1v) is 10.3. The molecule has 126 valence electrons. The number of nitrogens with one attached hydrogen (secondary N) is 1. The zero-order valence-corrected chi connectivity index (χ0v) is 15.4. The molecule has 0 saturated carbocycles. The summed E-state index contributed by atoms with van der Waals surface area (Å²) in [5, 5.41) is 0.116. The zero-order valence-electron chi connectivity index (χ0n) is 13.0. The Labute approximate surface area is 137 Å². The third kappa shape index (κ3) is 5.20. The summed E-state index contributed by atoms with van der Waals surface area (Å²) in [6.45, 7) is 5.23. The summed E-state index contributed by atoms with van der Waals surface area (Å²) in [5.41, 5.74) is -0.635. The molecule has 0 unspecified atom stereocenters. The van der Waals surface area contributed by atoms with Gasteiger partial charge >= 0.3 is 0 Å². The summed E-state index contributed by atoms with van der Waals surface area (Å²) in [5.74, 6) is 0. The van der Waals surface area contributed by atoms with Crippen LogP contribution in [0.1, 0.15) is 20.8 Å². The van der Waals surface area contributed by atoms with Gasteiger partial charge in [-0.15, -0.1) is 0 Å². The summed E-state index contributed by atoms with van der Waals surface area (Å²) in [7, 11) is -7.22. The molecule has 1 aromatic carbocycles. The standard InChI is InChI=1S/C13H21ClN2O4S2/c1-13(2,3)16(21(4,17)18)10-9-15-22(19,20)12-8-6-5-7-11(12)14/h5-8,15H,9-10H2,1-4H3. The molecule has 0 fully saturated rings. The van der Waals surface area contributed by atoms with Gasteiger partial charge in [0.15, 0.2) is 0 Å². The SMILES string of the molecule is CC(C)(C)N(CCNS(=O)(=O)c1ccccc1Cl)S(C)(=O)=O. The molecule has 9 heteroatoms. The normalized spacial score (nSPS) is 13.5. The molecular weight excluding hydrogens is 348 g/mol. The largest absolute Gasteiger partial charge is 0.242 e. The summed E-state index contributed by atoms with van der Waals surface area (Å²) in [6.07, 6.45) is 1.10. The lowest BCUT2D eigenvalue weighted by atomic mass is 10.1. The minimum absolute atomic E-state index is 0.0293. The molecule has 1 aromatic rings. The van der Waals surface area contributed by atoms with E-state index in [9.17, 15) is 16.8 Å². The highest BCUT2D eigenvalue weighted by Gasteiger charge is 2.29. The number of sulfonamides is 2. The maximum absolute atomic E-state index is 12.2. The van der Waals surface area contributed by atoms with Crippen molar-refractivity contribution in [3.8, 4) is 0 Å². The van der Waals surface area contributed by atoms with E-state index in [0.29, 0.717) is 0 Å². The zero-order chi connectivity index (χ0) is 17.2. The lowest BCUT2D eigenvalue weighted by Crippen LogP contribution is -2.48. The highest BCUT2D eigenvalue weighted by atomic mass is 35.5. The van der Waals surface area contributed by atoms with Gasteiger partial charge in [0.05, 0.1) is 11.3 Å². The van der Waals surface area contributed by atoms with E-state index in [1.807, 2.05) is 0 Å². The van der Waals surface area contributed by atoms with Gasteiger partial charge < -0.3 is 0 Å². The van der Waals surface area contributed by atoms with Gasteiger partial charge in [0.2, 0.25) is 20.0 Å². The van der Waals surface area contributed by atoms with Crippen molar-refractivity contribution in [2.24, 2.45) is 0 Å². The Bertz CT molecular complexity index is 725. The van der Waals surface area contributed by atoms with E-state index < -0.39 is 25.6 Å². The predicted octanol–water partition coefficient (Wildman–Crippen LogP) is 1.68. The number of hydrogen-bond acceptors (Lipinski definition) is 4. The van der Waals surface area contributed by atoms with Crippen molar-refractivity contribution in [2.45, 2.75) is 31.2 Å². The van der Waals surface area contributed by atoms with Gasteiger partial charge in [0.25, 0.3) is 0 Å². The van der Waals surface area contributed by atoms with Crippen LogP contribution in [-0.4, -0.2) is 46.0 Å². The van der Waals surface area contributed by atoms with E-state index in [2.05, 4.69) is 4.72 Å². The third-order valence-electron chi connectivity index (χ3n) is 2.88. The molecule has 0 saturated heterocycles. The Balaban J connectivity index is 2.84. The highest BCUT2D eigenvalue weighted by Crippen LogP contribution is 2.20. The van der Waals surface area contributed by atoms with Crippen LogP contribution in [0.4, 0.5) is 0 Å². The van der Waals surface area contributed by atoms with Crippen LogP contribution < -0.4 is 4.72 Å². The second-order valence-electron chi connectivity index (χ2n) is 5.83. The van der Waals surface area contributed by atoms with Crippen LogP contribution in [0, 0.1) is 0 Å². The van der Waals surface area contributed by atoms with Gasteiger partial charge in [-0.2, -0.15) is 4.31 Å². The van der Waals surface area contributed by atoms with Crippen LogP contribution in [0.3, 0.4) is 0 Å². The molecule has 1 N–H and O–H groups in total. The van der Waals surface area contributed by atoms with E-state index >= 15 is 0 Å². The minimum atomic E-state index is -3.78. The van der Waals surface area contributed by atoms with E-state index in [1.54, 1.807) is 32.9 Å². The van der Waals surface area contributed by atoms with Crippen molar-refractivity contribution < 1.29 is 16.8 Å². The molecule has 0 aromatic heterocycles. The molecule has 1 rings (SSSR count). The quantitative estimate of drug-likeness (QED) is 0.827.